The molecule has 25 heavy (non-hydrogen) atoms. The van der Waals surface area contributed by atoms with Crippen LogP contribution in [0.2, 0.25) is 5.02 Å². The lowest BCUT2D eigenvalue weighted by molar-refractivity contribution is -0.120. The van der Waals surface area contributed by atoms with Crippen molar-refractivity contribution in [3.05, 3.63) is 58.1 Å². The molecule has 2 amide bonds. The van der Waals surface area contributed by atoms with Gasteiger partial charge in [-0.15, -0.1) is 0 Å². The topological polar surface area (TPSA) is 87.7 Å². The number of aromatic hydroxyl groups is 1. The van der Waals surface area contributed by atoms with Crippen molar-refractivity contribution in [2.45, 2.75) is 13.5 Å². The Morgan fingerprint density at radius 2 is 1.96 bits per heavy atom. The molecular formula is C18H19ClN2O4. The average molecular weight is 363 g/mol. The monoisotopic (exact) mass is 362 g/mol. The van der Waals surface area contributed by atoms with Crippen molar-refractivity contribution in [1.29, 1.82) is 0 Å². The number of carbonyl (C=O) groups excluding carboxylic acids is 2. The summed E-state index contributed by atoms with van der Waals surface area (Å²) in [6, 6.07) is 9.82. The van der Waals surface area contributed by atoms with E-state index in [-0.39, 0.29) is 30.7 Å². The zero-order chi connectivity index (χ0) is 18.4. The average Bonchev–Trinajstić information content (AvgIpc) is 2.61. The van der Waals surface area contributed by atoms with Crippen molar-refractivity contribution < 1.29 is 19.4 Å². The van der Waals surface area contributed by atoms with E-state index in [1.54, 1.807) is 37.3 Å². The molecule has 0 saturated heterocycles. The third kappa shape index (κ3) is 4.87. The Morgan fingerprint density at radius 1 is 1.20 bits per heavy atom. The first-order valence-electron chi connectivity index (χ1n) is 7.58. The van der Waals surface area contributed by atoms with Crippen LogP contribution < -0.4 is 15.4 Å². The highest BCUT2D eigenvalue weighted by molar-refractivity contribution is 6.31. The van der Waals surface area contributed by atoms with Crippen molar-refractivity contribution in [3.8, 4) is 11.5 Å². The Labute approximate surface area is 150 Å². The highest BCUT2D eigenvalue weighted by Crippen LogP contribution is 2.26. The summed E-state index contributed by atoms with van der Waals surface area (Å²) in [5.74, 6) is -0.334. The molecule has 132 valence electrons. The molecule has 0 unspecified atom stereocenters. The Hall–Kier alpha value is -2.73. The maximum Gasteiger partial charge on any atom is 0.252 e. The van der Waals surface area contributed by atoms with Crippen LogP contribution in [0.25, 0.3) is 0 Å². The van der Waals surface area contributed by atoms with Gasteiger partial charge in [-0.05, 0) is 42.3 Å². The fourth-order valence-electron chi connectivity index (χ4n) is 2.20. The summed E-state index contributed by atoms with van der Waals surface area (Å²) in [6.07, 6.45) is 0. The second-order valence-electron chi connectivity index (χ2n) is 5.38. The van der Waals surface area contributed by atoms with Crippen LogP contribution in [0, 0.1) is 6.92 Å². The maximum atomic E-state index is 12.1. The summed E-state index contributed by atoms with van der Waals surface area (Å²) >= 11 is 5.99. The van der Waals surface area contributed by atoms with E-state index in [2.05, 4.69) is 10.6 Å². The van der Waals surface area contributed by atoms with E-state index in [1.807, 2.05) is 0 Å². The van der Waals surface area contributed by atoms with Crippen LogP contribution in [0.4, 0.5) is 0 Å². The van der Waals surface area contributed by atoms with Gasteiger partial charge >= 0.3 is 0 Å². The molecule has 0 saturated carbocycles. The number of hydrogen-bond acceptors (Lipinski definition) is 4. The van der Waals surface area contributed by atoms with Crippen molar-refractivity contribution >= 4 is 23.4 Å². The van der Waals surface area contributed by atoms with E-state index >= 15 is 0 Å². The Balaban J connectivity index is 1.86. The van der Waals surface area contributed by atoms with Gasteiger partial charge in [0, 0.05) is 17.1 Å². The third-order valence-corrected chi connectivity index (χ3v) is 4.07. The number of carbonyl (C=O) groups is 2. The molecule has 7 heteroatoms. The van der Waals surface area contributed by atoms with Crippen LogP contribution >= 0.6 is 11.6 Å². The summed E-state index contributed by atoms with van der Waals surface area (Å²) in [7, 11) is 1.45. The second kappa shape index (κ2) is 8.39. The molecule has 0 aliphatic heterocycles. The molecule has 3 N–H and O–H groups in total. The van der Waals surface area contributed by atoms with E-state index in [0.717, 1.165) is 5.56 Å². The number of rotatable bonds is 6. The number of methoxy groups -OCH3 is 1. The van der Waals surface area contributed by atoms with Gasteiger partial charge in [0.25, 0.3) is 5.91 Å². The van der Waals surface area contributed by atoms with Gasteiger partial charge in [-0.2, -0.15) is 0 Å². The molecule has 0 aliphatic rings. The van der Waals surface area contributed by atoms with Gasteiger partial charge in [0.05, 0.1) is 13.7 Å². The van der Waals surface area contributed by atoms with Gasteiger partial charge in [-0.1, -0.05) is 23.7 Å². The number of nitrogens with one attached hydrogen (secondary N) is 2. The maximum absolute atomic E-state index is 12.1. The Kier molecular flexibility index (Phi) is 6.25. The number of phenolic OH excluding ortho intramolecular Hbond substituents is 1. The zero-order valence-corrected chi connectivity index (χ0v) is 14.7. The van der Waals surface area contributed by atoms with Gasteiger partial charge in [0.1, 0.15) is 0 Å². The molecular weight excluding hydrogens is 344 g/mol. The van der Waals surface area contributed by atoms with E-state index < -0.39 is 0 Å². The third-order valence-electron chi connectivity index (χ3n) is 3.66. The highest BCUT2D eigenvalue weighted by Gasteiger charge is 2.12. The molecule has 0 heterocycles. The van der Waals surface area contributed by atoms with Crippen LogP contribution in [-0.4, -0.2) is 30.6 Å². The van der Waals surface area contributed by atoms with E-state index in [4.69, 9.17) is 16.3 Å². The fraction of sp³-hybridized carbons (Fsp3) is 0.222. The molecule has 0 spiro atoms. The van der Waals surface area contributed by atoms with Crippen molar-refractivity contribution in [3.63, 3.8) is 0 Å². The fourth-order valence-corrected chi connectivity index (χ4v) is 2.38. The summed E-state index contributed by atoms with van der Waals surface area (Å²) in [6.45, 7) is 1.84. The summed E-state index contributed by atoms with van der Waals surface area (Å²) < 4.78 is 5.01. The number of amides is 2. The molecule has 0 bridgehead atoms. The number of ether oxygens (including phenoxy) is 1. The molecule has 2 rings (SSSR count). The van der Waals surface area contributed by atoms with Crippen LogP contribution in [-0.2, 0) is 11.3 Å². The predicted molar refractivity (Wildman–Crippen MR) is 95.0 cm³/mol. The molecule has 0 aliphatic carbocycles. The molecule has 0 radical (unpaired) electrons. The molecule has 0 atom stereocenters. The highest BCUT2D eigenvalue weighted by atomic mass is 35.5. The van der Waals surface area contributed by atoms with Crippen molar-refractivity contribution in [2.24, 2.45) is 0 Å². The standard InChI is InChI=1S/C18H19ClN2O4/c1-11-13(4-3-5-14(11)19)18(24)21-10-17(23)20-9-12-6-7-15(22)16(8-12)25-2/h3-8,22H,9-10H2,1-2H3,(H,20,23)(H,21,24). The predicted octanol–water partition coefficient (Wildman–Crippen LogP) is 2.41. The normalized spacial score (nSPS) is 10.2. The van der Waals surface area contributed by atoms with E-state index in [9.17, 15) is 14.7 Å². The zero-order valence-electron chi connectivity index (χ0n) is 13.9. The first-order chi connectivity index (χ1) is 11.9. The largest absolute Gasteiger partial charge is 0.504 e. The minimum absolute atomic E-state index is 0.0294. The van der Waals surface area contributed by atoms with Crippen LogP contribution in [0.3, 0.4) is 0 Å². The Morgan fingerprint density at radius 3 is 2.68 bits per heavy atom. The lowest BCUT2D eigenvalue weighted by Crippen LogP contribution is -2.36. The van der Waals surface area contributed by atoms with Crippen LogP contribution in [0.15, 0.2) is 36.4 Å². The van der Waals surface area contributed by atoms with Gasteiger partial charge in [0.2, 0.25) is 5.91 Å². The Bertz CT molecular complexity index is 793. The number of halogens is 1. The van der Waals surface area contributed by atoms with E-state index in [1.165, 1.54) is 13.2 Å². The van der Waals surface area contributed by atoms with Gasteiger partial charge in [-0.3, -0.25) is 9.59 Å². The molecule has 2 aromatic rings. The summed E-state index contributed by atoms with van der Waals surface area (Å²) in [5.41, 5.74) is 1.86. The SMILES string of the molecule is COc1cc(CNC(=O)CNC(=O)c2cccc(Cl)c2C)ccc1O. The lowest BCUT2D eigenvalue weighted by Gasteiger charge is -2.10. The first-order valence-corrected chi connectivity index (χ1v) is 7.96. The van der Waals surface area contributed by atoms with Crippen LogP contribution in [0.5, 0.6) is 11.5 Å². The van der Waals surface area contributed by atoms with Crippen molar-refractivity contribution in [1.82, 2.24) is 10.6 Å². The molecule has 0 aromatic heterocycles. The quantitative estimate of drug-likeness (QED) is 0.736. The molecule has 2 aromatic carbocycles. The van der Waals surface area contributed by atoms with Gasteiger partial charge < -0.3 is 20.5 Å². The van der Waals surface area contributed by atoms with E-state index in [0.29, 0.717) is 21.9 Å². The van der Waals surface area contributed by atoms with Crippen LogP contribution in [0.1, 0.15) is 21.5 Å². The second-order valence-corrected chi connectivity index (χ2v) is 5.79. The number of hydrogen-bond donors (Lipinski definition) is 3. The smallest absolute Gasteiger partial charge is 0.252 e. The van der Waals surface area contributed by atoms with Gasteiger partial charge in [-0.25, -0.2) is 0 Å². The lowest BCUT2D eigenvalue weighted by atomic mass is 10.1. The summed E-state index contributed by atoms with van der Waals surface area (Å²) in [5, 5.41) is 15.3. The first kappa shape index (κ1) is 18.6. The minimum Gasteiger partial charge on any atom is -0.504 e. The minimum atomic E-state index is -0.360. The number of phenols is 1. The van der Waals surface area contributed by atoms with Crippen molar-refractivity contribution in [2.75, 3.05) is 13.7 Å². The summed E-state index contributed by atoms with van der Waals surface area (Å²) in [4.78, 5) is 24.0. The van der Waals surface area contributed by atoms with Gasteiger partial charge in [0.15, 0.2) is 11.5 Å². The molecule has 0 fully saturated rings. The number of benzene rings is 2. The molecule has 6 nitrogen and oxygen atoms in total.